The molecular formula is C26H22N2. The van der Waals surface area contributed by atoms with E-state index in [1.54, 1.807) is 0 Å². The summed E-state index contributed by atoms with van der Waals surface area (Å²) in [6, 6.07) is 25.9. The molecule has 3 aromatic carbocycles. The Bertz CT molecular complexity index is 1170. The lowest BCUT2D eigenvalue weighted by molar-refractivity contribution is 0.632. The van der Waals surface area contributed by atoms with E-state index in [0.29, 0.717) is 0 Å². The monoisotopic (exact) mass is 362 g/mol. The van der Waals surface area contributed by atoms with Gasteiger partial charge < -0.3 is 4.90 Å². The topological polar surface area (TPSA) is 16.1 Å². The molecule has 0 saturated heterocycles. The Hall–Kier alpha value is -3.39. The number of nitrogens with zero attached hydrogens (tertiary/aromatic N) is 2. The van der Waals surface area contributed by atoms with Gasteiger partial charge in [0.05, 0.1) is 22.6 Å². The summed E-state index contributed by atoms with van der Waals surface area (Å²) < 4.78 is 0. The molecule has 0 aliphatic carbocycles. The summed E-state index contributed by atoms with van der Waals surface area (Å²) in [6.07, 6.45) is 3.72. The summed E-state index contributed by atoms with van der Waals surface area (Å²) in [5.41, 5.74) is 8.23. The van der Waals surface area contributed by atoms with E-state index in [4.69, 9.17) is 0 Å². The minimum atomic E-state index is -0.0567. The van der Waals surface area contributed by atoms with Crippen LogP contribution in [0, 0.1) is 0 Å². The van der Waals surface area contributed by atoms with Crippen molar-refractivity contribution in [3.63, 3.8) is 0 Å². The van der Waals surface area contributed by atoms with Crippen LogP contribution in [0.15, 0.2) is 85.6 Å². The third-order valence-electron chi connectivity index (χ3n) is 5.88. The molecule has 2 heterocycles. The van der Waals surface area contributed by atoms with E-state index in [1.807, 2.05) is 18.3 Å². The average Bonchev–Trinajstić information content (AvgIpc) is 2.74. The number of aromatic nitrogens is 1. The van der Waals surface area contributed by atoms with Crippen LogP contribution < -0.4 is 4.90 Å². The van der Waals surface area contributed by atoms with Crippen LogP contribution in [-0.2, 0) is 5.41 Å². The highest BCUT2D eigenvalue weighted by molar-refractivity contribution is 6.02. The van der Waals surface area contributed by atoms with Gasteiger partial charge in [-0.15, -0.1) is 0 Å². The molecule has 5 rings (SSSR count). The second kappa shape index (κ2) is 6.07. The first-order valence-corrected chi connectivity index (χ1v) is 9.62. The molecule has 28 heavy (non-hydrogen) atoms. The van der Waals surface area contributed by atoms with Crippen LogP contribution in [0.5, 0.6) is 0 Å². The van der Waals surface area contributed by atoms with Crippen molar-refractivity contribution in [3.05, 3.63) is 102 Å². The lowest BCUT2D eigenvalue weighted by Gasteiger charge is -2.42. The number of hydrogen-bond donors (Lipinski definition) is 0. The van der Waals surface area contributed by atoms with Crippen molar-refractivity contribution < 1.29 is 0 Å². The van der Waals surface area contributed by atoms with Crippen LogP contribution in [0.25, 0.3) is 17.0 Å². The van der Waals surface area contributed by atoms with Crippen LogP contribution in [0.3, 0.4) is 0 Å². The smallest absolute Gasteiger partial charge is 0.0795 e. The van der Waals surface area contributed by atoms with Gasteiger partial charge in [-0.05, 0) is 41.5 Å². The van der Waals surface area contributed by atoms with E-state index in [2.05, 4.69) is 97.0 Å². The van der Waals surface area contributed by atoms with Gasteiger partial charge in [0.2, 0.25) is 0 Å². The number of hydrogen-bond acceptors (Lipinski definition) is 2. The first kappa shape index (κ1) is 16.8. The van der Waals surface area contributed by atoms with Crippen LogP contribution >= 0.6 is 0 Å². The minimum absolute atomic E-state index is 0.0567. The molecule has 0 spiro atoms. The third-order valence-corrected chi connectivity index (χ3v) is 5.88. The number of para-hydroxylation sites is 2. The second-order valence-electron chi connectivity index (χ2n) is 7.77. The zero-order chi connectivity index (χ0) is 19.3. The van der Waals surface area contributed by atoms with E-state index in [1.165, 1.54) is 22.5 Å². The lowest BCUT2D eigenvalue weighted by Crippen LogP contribution is -2.30. The van der Waals surface area contributed by atoms with E-state index in [-0.39, 0.29) is 5.41 Å². The first-order valence-electron chi connectivity index (χ1n) is 9.62. The van der Waals surface area contributed by atoms with E-state index in [9.17, 15) is 0 Å². The van der Waals surface area contributed by atoms with Gasteiger partial charge in [-0.1, -0.05) is 69.0 Å². The van der Waals surface area contributed by atoms with Crippen LogP contribution in [0.4, 0.5) is 17.1 Å². The van der Waals surface area contributed by atoms with Crippen molar-refractivity contribution in [3.8, 4) is 0 Å². The second-order valence-corrected chi connectivity index (χ2v) is 7.77. The fourth-order valence-corrected chi connectivity index (χ4v) is 4.47. The van der Waals surface area contributed by atoms with Gasteiger partial charge >= 0.3 is 0 Å². The van der Waals surface area contributed by atoms with E-state index >= 15 is 0 Å². The normalized spacial score (nSPS) is 14.4. The molecule has 1 aliphatic rings. The molecule has 1 aliphatic heterocycles. The molecule has 0 atom stereocenters. The number of rotatable bonds is 2. The zero-order valence-electron chi connectivity index (χ0n) is 16.2. The molecule has 136 valence electrons. The molecule has 0 bridgehead atoms. The van der Waals surface area contributed by atoms with Crippen molar-refractivity contribution >= 4 is 34.0 Å². The molecular weight excluding hydrogens is 340 g/mol. The summed E-state index contributed by atoms with van der Waals surface area (Å²) in [5.74, 6) is 0. The lowest BCUT2D eigenvalue weighted by atomic mass is 9.73. The average molecular weight is 362 g/mol. The number of pyridine rings is 1. The maximum Gasteiger partial charge on any atom is 0.0795 e. The largest absolute Gasteiger partial charge is 0.309 e. The predicted octanol–water partition coefficient (Wildman–Crippen LogP) is 6.99. The fraction of sp³-hybridized carbons (Fsp3) is 0.115. The Kier molecular flexibility index (Phi) is 3.63. The summed E-state index contributed by atoms with van der Waals surface area (Å²) in [6.45, 7) is 8.58. The molecule has 0 saturated carbocycles. The summed E-state index contributed by atoms with van der Waals surface area (Å²) in [7, 11) is 0. The first-order chi connectivity index (χ1) is 13.6. The Morgan fingerprint density at radius 3 is 2.07 bits per heavy atom. The number of anilines is 3. The third kappa shape index (κ3) is 2.24. The maximum atomic E-state index is 4.65. The summed E-state index contributed by atoms with van der Waals surface area (Å²) in [4.78, 5) is 7.03. The van der Waals surface area contributed by atoms with Crippen molar-refractivity contribution in [1.82, 2.24) is 4.98 Å². The highest BCUT2D eigenvalue weighted by atomic mass is 15.2. The fourth-order valence-electron chi connectivity index (χ4n) is 4.47. The van der Waals surface area contributed by atoms with Gasteiger partial charge in [0.15, 0.2) is 0 Å². The van der Waals surface area contributed by atoms with Gasteiger partial charge in [0.1, 0.15) is 0 Å². The predicted molar refractivity (Wildman–Crippen MR) is 119 cm³/mol. The molecule has 2 heteroatoms. The van der Waals surface area contributed by atoms with Crippen molar-refractivity contribution in [2.45, 2.75) is 19.3 Å². The highest BCUT2D eigenvalue weighted by Crippen LogP contribution is 2.52. The van der Waals surface area contributed by atoms with E-state index in [0.717, 1.165) is 22.2 Å². The van der Waals surface area contributed by atoms with Crippen molar-refractivity contribution in [1.29, 1.82) is 0 Å². The quantitative estimate of drug-likeness (QED) is 0.382. The Morgan fingerprint density at radius 2 is 1.43 bits per heavy atom. The maximum absolute atomic E-state index is 4.65. The molecule has 0 N–H and O–H groups in total. The molecule has 4 aromatic rings. The number of fused-ring (bicyclic) bond motifs is 3. The molecule has 0 unspecified atom stereocenters. The molecule has 0 fully saturated rings. The van der Waals surface area contributed by atoms with Crippen molar-refractivity contribution in [2.24, 2.45) is 0 Å². The Morgan fingerprint density at radius 1 is 0.786 bits per heavy atom. The van der Waals surface area contributed by atoms with Gasteiger partial charge in [0, 0.05) is 22.6 Å². The van der Waals surface area contributed by atoms with Gasteiger partial charge in [-0.25, -0.2) is 0 Å². The van der Waals surface area contributed by atoms with Crippen LogP contribution in [0.2, 0.25) is 0 Å². The number of benzene rings is 3. The summed E-state index contributed by atoms with van der Waals surface area (Å²) >= 11 is 0. The van der Waals surface area contributed by atoms with Gasteiger partial charge in [-0.2, -0.15) is 0 Å². The SMILES string of the molecule is C=Cc1ccc(N2c3ccccc3C(C)(C)c3ccccc32)c2cccnc12. The molecule has 0 radical (unpaired) electrons. The van der Waals surface area contributed by atoms with Crippen LogP contribution in [-0.4, -0.2) is 4.98 Å². The molecule has 2 nitrogen and oxygen atoms in total. The molecule has 0 amide bonds. The van der Waals surface area contributed by atoms with Crippen molar-refractivity contribution in [2.75, 3.05) is 4.90 Å². The Labute approximate surface area is 165 Å². The minimum Gasteiger partial charge on any atom is -0.309 e. The van der Waals surface area contributed by atoms with Gasteiger partial charge in [-0.3, -0.25) is 4.98 Å². The Balaban J connectivity index is 1.88. The summed E-state index contributed by atoms with van der Waals surface area (Å²) in [5, 5.41) is 1.13. The molecule has 1 aromatic heterocycles. The van der Waals surface area contributed by atoms with Crippen LogP contribution in [0.1, 0.15) is 30.5 Å². The van der Waals surface area contributed by atoms with Gasteiger partial charge in [0.25, 0.3) is 0 Å². The zero-order valence-corrected chi connectivity index (χ0v) is 16.2. The van der Waals surface area contributed by atoms with E-state index < -0.39 is 0 Å². The standard InChI is InChI=1S/C26H22N2/c1-4-18-15-16-22(19-10-9-17-27-25(18)19)28-23-13-7-5-11-20(23)26(2,3)21-12-6-8-14-24(21)28/h4-17H,1H2,2-3H3. The highest BCUT2D eigenvalue weighted by Gasteiger charge is 2.36.